The van der Waals surface area contributed by atoms with Crippen LogP contribution in [0, 0.1) is 0 Å². The molecule has 2 heterocycles. The summed E-state index contributed by atoms with van der Waals surface area (Å²) < 4.78 is 10.6. The second-order valence-corrected chi connectivity index (χ2v) is 5.65. The average Bonchev–Trinajstić information content (AvgIpc) is 3.11. The lowest BCUT2D eigenvalue weighted by Crippen LogP contribution is -2.24. The van der Waals surface area contributed by atoms with Crippen LogP contribution in [0.4, 0.5) is 0 Å². The molecule has 0 spiro atoms. The molecule has 1 N–H and O–H groups in total. The molecular weight excluding hydrogens is 367 g/mol. The van der Waals surface area contributed by atoms with E-state index >= 15 is 0 Å². The van der Waals surface area contributed by atoms with Crippen LogP contribution in [0.3, 0.4) is 0 Å². The molecule has 0 aliphatic heterocycles. The molecule has 128 valence electrons. The van der Waals surface area contributed by atoms with Crippen molar-refractivity contribution >= 4 is 29.1 Å². The van der Waals surface area contributed by atoms with Gasteiger partial charge in [-0.2, -0.15) is 0 Å². The minimum Gasteiger partial charge on any atom is -0.494 e. The number of carbonyl (C=O) groups excluding carboxylic acids is 1. The molecule has 0 unspecified atom stereocenters. The van der Waals surface area contributed by atoms with Crippen molar-refractivity contribution in [3.63, 3.8) is 0 Å². The highest BCUT2D eigenvalue weighted by Gasteiger charge is 2.20. The first-order valence-electron chi connectivity index (χ1n) is 7.14. The smallest absolute Gasteiger partial charge is 0.266 e. The molecule has 0 aliphatic carbocycles. The van der Waals surface area contributed by atoms with Gasteiger partial charge in [-0.1, -0.05) is 29.3 Å². The summed E-state index contributed by atoms with van der Waals surface area (Å²) >= 11 is 12.1. The number of nitrogens with one attached hydrogen (secondary N) is 1. The summed E-state index contributed by atoms with van der Waals surface area (Å²) in [6.07, 6.45) is 1.62. The molecule has 1 aromatic carbocycles. The van der Waals surface area contributed by atoms with E-state index in [1.54, 1.807) is 30.5 Å². The molecule has 7 nitrogen and oxygen atoms in total. The number of ether oxygens (including phenoxy) is 1. The quantitative estimate of drug-likeness (QED) is 0.731. The largest absolute Gasteiger partial charge is 0.494 e. The lowest BCUT2D eigenvalue weighted by atomic mass is 10.2. The first kappa shape index (κ1) is 17.2. The van der Waals surface area contributed by atoms with E-state index in [1.807, 2.05) is 0 Å². The topological polar surface area (TPSA) is 90.1 Å². The molecule has 2 aromatic heterocycles. The number of benzene rings is 1. The molecule has 3 rings (SSSR count). The van der Waals surface area contributed by atoms with Crippen LogP contribution in [0.15, 0.2) is 40.9 Å². The normalized spacial score (nSPS) is 10.5. The van der Waals surface area contributed by atoms with E-state index in [0.717, 1.165) is 0 Å². The van der Waals surface area contributed by atoms with Crippen molar-refractivity contribution in [1.82, 2.24) is 20.5 Å². The molecule has 3 aromatic rings. The molecule has 0 saturated carbocycles. The number of hydrogen-bond donors (Lipinski definition) is 1. The third-order valence-corrected chi connectivity index (χ3v) is 3.85. The molecule has 0 radical (unpaired) electrons. The van der Waals surface area contributed by atoms with Gasteiger partial charge in [0.05, 0.1) is 23.7 Å². The highest BCUT2D eigenvalue weighted by molar-refractivity contribution is 6.37. The molecule has 0 bridgehead atoms. The minimum atomic E-state index is -0.470. The maximum atomic E-state index is 12.4. The number of carbonyl (C=O) groups is 1. The Bertz CT molecular complexity index is 900. The van der Waals surface area contributed by atoms with E-state index in [1.165, 1.54) is 13.2 Å². The predicted octanol–water partition coefficient (Wildman–Crippen LogP) is 3.38. The zero-order chi connectivity index (χ0) is 17.8. The Morgan fingerprint density at radius 2 is 2.00 bits per heavy atom. The van der Waals surface area contributed by atoms with Gasteiger partial charge < -0.3 is 14.5 Å². The number of nitrogens with zero attached hydrogens (tertiary/aromatic N) is 3. The number of amides is 1. The van der Waals surface area contributed by atoms with Gasteiger partial charge in [0.15, 0.2) is 5.75 Å². The van der Waals surface area contributed by atoms with Crippen molar-refractivity contribution in [1.29, 1.82) is 0 Å². The van der Waals surface area contributed by atoms with Crippen molar-refractivity contribution in [3.05, 3.63) is 58.0 Å². The van der Waals surface area contributed by atoms with Gasteiger partial charge in [-0.25, -0.2) is 0 Å². The van der Waals surface area contributed by atoms with Crippen LogP contribution in [0.5, 0.6) is 5.75 Å². The third-order valence-electron chi connectivity index (χ3n) is 3.24. The minimum absolute atomic E-state index is 0.0185. The molecular formula is C16H12Cl2N4O3. The van der Waals surface area contributed by atoms with Crippen molar-refractivity contribution in [2.24, 2.45) is 0 Å². The van der Waals surface area contributed by atoms with Gasteiger partial charge in [0.25, 0.3) is 11.8 Å². The Morgan fingerprint density at radius 3 is 2.72 bits per heavy atom. The van der Waals surface area contributed by atoms with Crippen LogP contribution in [0.1, 0.15) is 16.2 Å². The Labute approximate surface area is 152 Å². The monoisotopic (exact) mass is 378 g/mol. The molecule has 9 heteroatoms. The van der Waals surface area contributed by atoms with Crippen molar-refractivity contribution in [2.45, 2.75) is 6.54 Å². The summed E-state index contributed by atoms with van der Waals surface area (Å²) in [7, 11) is 1.41. The molecule has 25 heavy (non-hydrogen) atoms. The Kier molecular flexibility index (Phi) is 5.16. The molecule has 1 amide bonds. The van der Waals surface area contributed by atoms with Gasteiger partial charge in [0.1, 0.15) is 11.3 Å². The van der Waals surface area contributed by atoms with Crippen LogP contribution < -0.4 is 10.1 Å². The zero-order valence-electron chi connectivity index (χ0n) is 13.0. The Hall–Kier alpha value is -2.64. The summed E-state index contributed by atoms with van der Waals surface area (Å²) in [5.41, 5.74) is 0.688. The van der Waals surface area contributed by atoms with Gasteiger partial charge in [-0.3, -0.25) is 9.78 Å². The first-order valence-corrected chi connectivity index (χ1v) is 7.89. The summed E-state index contributed by atoms with van der Waals surface area (Å²) in [5, 5.41) is 10.9. The summed E-state index contributed by atoms with van der Waals surface area (Å²) in [5.74, 6) is 0.225. The van der Waals surface area contributed by atoms with Gasteiger partial charge >= 0.3 is 0 Å². The van der Waals surface area contributed by atoms with Crippen molar-refractivity contribution in [2.75, 3.05) is 7.11 Å². The average molecular weight is 379 g/mol. The van der Waals surface area contributed by atoms with Gasteiger partial charge in [-0.15, -0.1) is 10.2 Å². The van der Waals surface area contributed by atoms with Gasteiger partial charge in [0.2, 0.25) is 5.89 Å². The number of methoxy groups -OCH3 is 1. The number of pyridine rings is 1. The van der Waals surface area contributed by atoms with Crippen LogP contribution in [0.25, 0.3) is 11.6 Å². The van der Waals surface area contributed by atoms with E-state index in [0.29, 0.717) is 5.69 Å². The van der Waals surface area contributed by atoms with E-state index in [9.17, 15) is 4.79 Å². The third kappa shape index (κ3) is 3.72. The lowest BCUT2D eigenvalue weighted by Gasteiger charge is -2.11. The standard InChI is InChI=1S/C16H12Cl2N4O3/c1-24-14-10(18)6-5-9(17)13(14)15(23)20-8-12-21-22-16(25-12)11-4-2-3-7-19-11/h2-7H,8H2,1H3,(H,20,23). The van der Waals surface area contributed by atoms with Crippen LogP contribution in [0.2, 0.25) is 10.0 Å². The fraction of sp³-hybridized carbons (Fsp3) is 0.125. The molecule has 0 saturated heterocycles. The maximum Gasteiger partial charge on any atom is 0.266 e. The van der Waals surface area contributed by atoms with Gasteiger partial charge in [-0.05, 0) is 24.3 Å². The zero-order valence-corrected chi connectivity index (χ0v) is 14.5. The highest BCUT2D eigenvalue weighted by Crippen LogP contribution is 2.33. The van der Waals surface area contributed by atoms with Crippen molar-refractivity contribution < 1.29 is 13.9 Å². The summed E-state index contributed by atoms with van der Waals surface area (Å²) in [6.45, 7) is 0.0185. The summed E-state index contributed by atoms with van der Waals surface area (Å²) in [4.78, 5) is 16.5. The SMILES string of the molecule is COc1c(Cl)ccc(Cl)c1C(=O)NCc1nnc(-c2ccccn2)o1. The molecule has 0 fully saturated rings. The van der Waals surface area contributed by atoms with Crippen LogP contribution >= 0.6 is 23.2 Å². The van der Waals surface area contributed by atoms with Gasteiger partial charge in [0, 0.05) is 6.20 Å². The number of aromatic nitrogens is 3. The Balaban J connectivity index is 1.74. The predicted molar refractivity (Wildman–Crippen MR) is 91.7 cm³/mol. The van der Waals surface area contributed by atoms with Crippen LogP contribution in [-0.4, -0.2) is 28.2 Å². The molecule has 0 atom stereocenters. The van der Waals surface area contributed by atoms with E-state index < -0.39 is 5.91 Å². The second kappa shape index (κ2) is 7.50. The fourth-order valence-electron chi connectivity index (χ4n) is 2.11. The van der Waals surface area contributed by atoms with E-state index in [-0.39, 0.29) is 39.7 Å². The number of halogens is 2. The van der Waals surface area contributed by atoms with Crippen LogP contribution in [-0.2, 0) is 6.54 Å². The molecule has 0 aliphatic rings. The fourth-order valence-corrected chi connectivity index (χ4v) is 2.58. The van der Waals surface area contributed by atoms with Crippen molar-refractivity contribution in [3.8, 4) is 17.3 Å². The maximum absolute atomic E-state index is 12.4. The van der Waals surface area contributed by atoms with E-state index in [2.05, 4.69) is 20.5 Å². The number of hydrogen-bond acceptors (Lipinski definition) is 6. The Morgan fingerprint density at radius 1 is 1.20 bits per heavy atom. The first-order chi connectivity index (χ1) is 12.1. The summed E-state index contributed by atoms with van der Waals surface area (Å²) in [6, 6.07) is 8.40. The number of rotatable bonds is 5. The highest BCUT2D eigenvalue weighted by atomic mass is 35.5. The van der Waals surface area contributed by atoms with E-state index in [4.69, 9.17) is 32.4 Å². The lowest BCUT2D eigenvalue weighted by molar-refractivity contribution is 0.0944. The second-order valence-electron chi connectivity index (χ2n) is 4.84.